The van der Waals surface area contributed by atoms with Gasteiger partial charge in [0.25, 0.3) is 0 Å². The summed E-state index contributed by atoms with van der Waals surface area (Å²) in [4.78, 5) is 9.97. The Kier molecular flexibility index (Phi) is 3.68. The van der Waals surface area contributed by atoms with Crippen molar-refractivity contribution in [3.63, 3.8) is 0 Å². The molecule has 0 amide bonds. The van der Waals surface area contributed by atoms with E-state index in [0.717, 1.165) is 11.0 Å². The van der Waals surface area contributed by atoms with E-state index in [1.807, 2.05) is 24.3 Å². The minimum Gasteiger partial charge on any atom is -0.369 e. The number of benzene rings is 1. The van der Waals surface area contributed by atoms with Gasteiger partial charge in [0.15, 0.2) is 0 Å². The zero-order valence-electron chi connectivity index (χ0n) is 7.88. The summed E-state index contributed by atoms with van der Waals surface area (Å²) >= 11 is 0. The highest BCUT2D eigenvalue weighted by atomic mass is 15.0. The Hall–Kier alpha value is -2.55. The highest BCUT2D eigenvalue weighted by molar-refractivity contribution is 5.76. The van der Waals surface area contributed by atoms with Gasteiger partial charge in [-0.2, -0.15) is 5.26 Å². The van der Waals surface area contributed by atoms with E-state index in [2.05, 4.69) is 15.0 Å². The molecule has 6 nitrogen and oxygen atoms in total. The molecule has 0 fully saturated rings. The number of rotatable bonds is 0. The van der Waals surface area contributed by atoms with Crippen LogP contribution in [0, 0.1) is 11.5 Å². The lowest BCUT2D eigenvalue weighted by Gasteiger charge is -1.81. The van der Waals surface area contributed by atoms with Crippen molar-refractivity contribution in [3.05, 3.63) is 30.6 Å². The number of aliphatic imine (C=N–C) groups is 1. The number of nitriles is 1. The first-order valence-electron chi connectivity index (χ1n) is 4.10. The molecule has 0 aliphatic carbocycles. The van der Waals surface area contributed by atoms with E-state index in [1.165, 1.54) is 6.19 Å². The molecule has 15 heavy (non-hydrogen) atoms. The number of aromatic amines is 1. The number of imidazole rings is 1. The Morgan fingerprint density at radius 3 is 2.67 bits per heavy atom. The van der Waals surface area contributed by atoms with Crippen molar-refractivity contribution in [2.45, 2.75) is 0 Å². The van der Waals surface area contributed by atoms with Crippen molar-refractivity contribution >= 4 is 17.0 Å². The fraction of sp³-hybridized carbons (Fsp3) is 0. The van der Waals surface area contributed by atoms with Crippen molar-refractivity contribution in [2.24, 2.45) is 16.5 Å². The standard InChI is InChI=1S/C7H6N2.C2H4N4/c1-2-4-7-6(3-1)8-5-9-7;3-1-6-2(4)5/h1-5H,(H,8,9);(H4,4,5,6). The number of H-pyrrole nitrogens is 1. The summed E-state index contributed by atoms with van der Waals surface area (Å²) in [6, 6.07) is 7.94. The van der Waals surface area contributed by atoms with Crippen molar-refractivity contribution < 1.29 is 0 Å². The summed E-state index contributed by atoms with van der Waals surface area (Å²) in [6.45, 7) is 0. The Labute approximate surface area is 86.2 Å². The first kappa shape index (κ1) is 10.5. The molecule has 1 aromatic carbocycles. The van der Waals surface area contributed by atoms with E-state index in [-0.39, 0.29) is 5.96 Å². The SMILES string of the molecule is N#CN=C(N)N.c1ccc2[nH]cnc2c1. The Morgan fingerprint density at radius 1 is 1.40 bits per heavy atom. The topological polar surface area (TPSA) is 117 Å². The summed E-state index contributed by atoms with van der Waals surface area (Å²) in [6.07, 6.45) is 3.10. The normalized spacial score (nSPS) is 8.47. The molecule has 0 spiro atoms. The Morgan fingerprint density at radius 2 is 2.13 bits per heavy atom. The molecular formula is C9H10N6. The summed E-state index contributed by atoms with van der Waals surface area (Å²) in [5, 5.41) is 7.64. The van der Waals surface area contributed by atoms with Crippen LogP contribution in [0.3, 0.4) is 0 Å². The number of aromatic nitrogens is 2. The van der Waals surface area contributed by atoms with Crippen LogP contribution in [0.5, 0.6) is 0 Å². The van der Waals surface area contributed by atoms with Crippen LogP contribution in [0.4, 0.5) is 0 Å². The van der Waals surface area contributed by atoms with Crippen molar-refractivity contribution in [1.29, 1.82) is 5.26 Å². The van der Waals surface area contributed by atoms with Crippen LogP contribution in [-0.2, 0) is 0 Å². The third-order valence-corrected chi connectivity index (χ3v) is 1.51. The quantitative estimate of drug-likeness (QED) is 0.323. The molecule has 0 aliphatic rings. The third-order valence-electron chi connectivity index (χ3n) is 1.51. The molecule has 0 unspecified atom stereocenters. The fourth-order valence-electron chi connectivity index (χ4n) is 0.937. The number of nitrogens with two attached hydrogens (primary N) is 2. The fourth-order valence-corrected chi connectivity index (χ4v) is 0.937. The summed E-state index contributed by atoms with van der Waals surface area (Å²) in [7, 11) is 0. The second-order valence-electron chi connectivity index (χ2n) is 2.56. The molecule has 0 saturated carbocycles. The second kappa shape index (κ2) is 5.24. The largest absolute Gasteiger partial charge is 0.369 e. The van der Waals surface area contributed by atoms with Gasteiger partial charge in [0, 0.05) is 0 Å². The van der Waals surface area contributed by atoms with Crippen LogP contribution in [0.25, 0.3) is 11.0 Å². The number of para-hydroxylation sites is 2. The van der Waals surface area contributed by atoms with Crippen LogP contribution in [0.1, 0.15) is 0 Å². The predicted octanol–water partition coefficient (Wildman–Crippen LogP) is 0.304. The van der Waals surface area contributed by atoms with Crippen LogP contribution < -0.4 is 11.5 Å². The molecule has 76 valence electrons. The van der Waals surface area contributed by atoms with Gasteiger partial charge in [-0.05, 0) is 12.1 Å². The highest BCUT2D eigenvalue weighted by Crippen LogP contribution is 2.05. The van der Waals surface area contributed by atoms with E-state index < -0.39 is 0 Å². The summed E-state index contributed by atoms with van der Waals surface area (Å²) in [5.41, 5.74) is 11.5. The van der Waals surface area contributed by atoms with Crippen LogP contribution >= 0.6 is 0 Å². The minimum absolute atomic E-state index is 0.197. The maximum Gasteiger partial charge on any atom is 0.209 e. The first-order valence-corrected chi connectivity index (χ1v) is 4.10. The number of hydrogen-bond donors (Lipinski definition) is 3. The van der Waals surface area contributed by atoms with Crippen LogP contribution in [-0.4, -0.2) is 15.9 Å². The van der Waals surface area contributed by atoms with E-state index >= 15 is 0 Å². The zero-order chi connectivity index (χ0) is 11.1. The monoisotopic (exact) mass is 202 g/mol. The second-order valence-corrected chi connectivity index (χ2v) is 2.56. The number of nitrogens with one attached hydrogen (secondary N) is 1. The molecule has 2 rings (SSSR count). The molecule has 6 heteroatoms. The molecule has 1 heterocycles. The number of hydrogen-bond acceptors (Lipinski definition) is 3. The molecule has 0 radical (unpaired) electrons. The molecule has 1 aromatic heterocycles. The van der Waals surface area contributed by atoms with Gasteiger partial charge in [0.1, 0.15) is 0 Å². The van der Waals surface area contributed by atoms with Crippen LogP contribution in [0.2, 0.25) is 0 Å². The van der Waals surface area contributed by atoms with E-state index in [9.17, 15) is 0 Å². The van der Waals surface area contributed by atoms with Gasteiger partial charge in [-0.3, -0.25) is 0 Å². The first-order chi connectivity index (χ1) is 7.24. The molecule has 0 bridgehead atoms. The Balaban J connectivity index is 0.000000167. The summed E-state index contributed by atoms with van der Waals surface area (Å²) < 4.78 is 0. The molecule has 2 aromatic rings. The van der Waals surface area contributed by atoms with Gasteiger partial charge in [0.05, 0.1) is 17.4 Å². The molecule has 0 saturated heterocycles. The lowest BCUT2D eigenvalue weighted by Crippen LogP contribution is -2.21. The van der Waals surface area contributed by atoms with Gasteiger partial charge < -0.3 is 16.5 Å². The van der Waals surface area contributed by atoms with Gasteiger partial charge in [-0.25, -0.2) is 4.98 Å². The van der Waals surface area contributed by atoms with Gasteiger partial charge in [-0.15, -0.1) is 4.99 Å². The number of guanidine groups is 1. The zero-order valence-corrected chi connectivity index (χ0v) is 7.88. The molecule has 0 aliphatic heterocycles. The molecular weight excluding hydrogens is 192 g/mol. The van der Waals surface area contributed by atoms with Crippen molar-refractivity contribution in [2.75, 3.05) is 0 Å². The predicted molar refractivity (Wildman–Crippen MR) is 57.5 cm³/mol. The van der Waals surface area contributed by atoms with E-state index in [0.29, 0.717) is 0 Å². The van der Waals surface area contributed by atoms with Crippen molar-refractivity contribution in [3.8, 4) is 6.19 Å². The van der Waals surface area contributed by atoms with Gasteiger partial charge >= 0.3 is 0 Å². The van der Waals surface area contributed by atoms with Crippen molar-refractivity contribution in [1.82, 2.24) is 9.97 Å². The lowest BCUT2D eigenvalue weighted by atomic mass is 10.3. The third kappa shape index (κ3) is 3.36. The summed E-state index contributed by atoms with van der Waals surface area (Å²) in [5.74, 6) is -0.197. The molecule has 5 N–H and O–H groups in total. The van der Waals surface area contributed by atoms with E-state index in [4.69, 9.17) is 16.7 Å². The maximum atomic E-state index is 7.64. The number of fused-ring (bicyclic) bond motifs is 1. The average Bonchev–Trinajstić information content (AvgIpc) is 2.65. The lowest BCUT2D eigenvalue weighted by molar-refractivity contribution is 1.34. The van der Waals surface area contributed by atoms with Crippen LogP contribution in [0.15, 0.2) is 35.6 Å². The highest BCUT2D eigenvalue weighted by Gasteiger charge is 1.88. The smallest absolute Gasteiger partial charge is 0.209 e. The maximum absolute atomic E-state index is 7.64. The average molecular weight is 202 g/mol. The molecule has 0 atom stereocenters. The van der Waals surface area contributed by atoms with Gasteiger partial charge in [-0.1, -0.05) is 12.1 Å². The Bertz CT molecular complexity index is 458. The van der Waals surface area contributed by atoms with Gasteiger partial charge in [0.2, 0.25) is 12.2 Å². The van der Waals surface area contributed by atoms with E-state index in [1.54, 1.807) is 6.33 Å². The minimum atomic E-state index is -0.197. The number of nitrogens with zero attached hydrogens (tertiary/aromatic N) is 3.